The summed E-state index contributed by atoms with van der Waals surface area (Å²) in [7, 11) is 0. The molecule has 0 atom stereocenters. The van der Waals surface area contributed by atoms with Gasteiger partial charge in [0.15, 0.2) is 0 Å². The number of rotatable bonds is 5. The van der Waals surface area contributed by atoms with Crippen LogP contribution in [0.4, 0.5) is 0 Å². The normalized spacial score (nSPS) is 17.0. The van der Waals surface area contributed by atoms with Crippen molar-refractivity contribution in [1.29, 1.82) is 0 Å². The summed E-state index contributed by atoms with van der Waals surface area (Å²) in [5.41, 5.74) is 7.56. The first-order valence-corrected chi connectivity index (χ1v) is 6.63. The molecule has 4 nitrogen and oxygen atoms in total. The Balaban J connectivity index is 1.97. The highest BCUT2D eigenvalue weighted by atomic mass is 16.2. The Labute approximate surface area is 108 Å². The van der Waals surface area contributed by atoms with Crippen LogP contribution in [-0.2, 0) is 17.8 Å². The second kappa shape index (κ2) is 5.48. The van der Waals surface area contributed by atoms with E-state index in [1.54, 1.807) is 6.20 Å². The highest BCUT2D eigenvalue weighted by molar-refractivity contribution is 5.83. The van der Waals surface area contributed by atoms with Crippen molar-refractivity contribution in [3.63, 3.8) is 0 Å². The maximum absolute atomic E-state index is 12.1. The highest BCUT2D eigenvalue weighted by Crippen LogP contribution is 2.40. The van der Waals surface area contributed by atoms with Crippen molar-refractivity contribution < 1.29 is 4.79 Å². The van der Waals surface area contributed by atoms with Gasteiger partial charge in [-0.2, -0.15) is 0 Å². The molecule has 3 N–H and O–H groups in total. The first kappa shape index (κ1) is 13.0. The van der Waals surface area contributed by atoms with Gasteiger partial charge >= 0.3 is 0 Å². The van der Waals surface area contributed by atoms with Gasteiger partial charge in [-0.25, -0.2) is 0 Å². The summed E-state index contributed by atoms with van der Waals surface area (Å²) < 4.78 is 0. The SMILES string of the molecule is CCc1cccnc1CNC(=O)C1(CN)CCC1. The minimum Gasteiger partial charge on any atom is -0.350 e. The summed E-state index contributed by atoms with van der Waals surface area (Å²) in [5.74, 6) is 0.0870. The second-order valence-corrected chi connectivity index (χ2v) is 4.98. The third-order valence-corrected chi connectivity index (χ3v) is 3.96. The lowest BCUT2D eigenvalue weighted by molar-refractivity contribution is -0.135. The van der Waals surface area contributed by atoms with Crippen molar-refractivity contribution in [1.82, 2.24) is 10.3 Å². The van der Waals surface area contributed by atoms with E-state index in [-0.39, 0.29) is 11.3 Å². The molecule has 1 saturated carbocycles. The summed E-state index contributed by atoms with van der Waals surface area (Å²) in [6, 6.07) is 3.98. The Kier molecular flexibility index (Phi) is 3.97. The van der Waals surface area contributed by atoms with E-state index in [0.29, 0.717) is 13.1 Å². The van der Waals surface area contributed by atoms with Gasteiger partial charge in [0.05, 0.1) is 17.7 Å². The first-order valence-electron chi connectivity index (χ1n) is 6.63. The van der Waals surface area contributed by atoms with E-state index in [1.807, 2.05) is 6.07 Å². The van der Waals surface area contributed by atoms with Gasteiger partial charge in [-0.1, -0.05) is 19.4 Å². The number of pyridine rings is 1. The van der Waals surface area contributed by atoms with Gasteiger partial charge in [-0.15, -0.1) is 0 Å². The fourth-order valence-corrected chi connectivity index (χ4v) is 2.43. The Morgan fingerprint density at radius 2 is 2.33 bits per heavy atom. The molecule has 0 radical (unpaired) electrons. The fourth-order valence-electron chi connectivity index (χ4n) is 2.43. The van der Waals surface area contributed by atoms with Crippen molar-refractivity contribution in [2.24, 2.45) is 11.1 Å². The van der Waals surface area contributed by atoms with Crippen LogP contribution in [0.25, 0.3) is 0 Å². The number of aryl methyl sites for hydroxylation is 1. The molecule has 0 saturated heterocycles. The molecule has 0 aliphatic heterocycles. The molecule has 1 fully saturated rings. The van der Waals surface area contributed by atoms with Crippen LogP contribution in [0.1, 0.15) is 37.4 Å². The molecule has 1 amide bonds. The molecule has 4 heteroatoms. The second-order valence-electron chi connectivity index (χ2n) is 4.98. The summed E-state index contributed by atoms with van der Waals surface area (Å²) in [6.07, 6.45) is 5.63. The van der Waals surface area contributed by atoms with Gasteiger partial charge in [-0.05, 0) is 30.9 Å². The quantitative estimate of drug-likeness (QED) is 0.826. The number of hydrogen-bond acceptors (Lipinski definition) is 3. The number of carbonyl (C=O) groups excluding carboxylic acids is 1. The minimum atomic E-state index is -0.304. The van der Waals surface area contributed by atoms with E-state index in [4.69, 9.17) is 5.73 Å². The molecule has 1 aliphatic carbocycles. The lowest BCUT2D eigenvalue weighted by atomic mass is 9.68. The summed E-state index contributed by atoms with van der Waals surface area (Å²) in [6.45, 7) is 3.04. The molecular formula is C14H21N3O. The molecule has 1 aliphatic rings. The molecule has 0 bridgehead atoms. The van der Waals surface area contributed by atoms with E-state index in [2.05, 4.69) is 23.3 Å². The summed E-state index contributed by atoms with van der Waals surface area (Å²) in [5, 5.41) is 2.99. The molecule has 18 heavy (non-hydrogen) atoms. The highest BCUT2D eigenvalue weighted by Gasteiger charge is 2.42. The number of nitrogens with two attached hydrogens (primary N) is 1. The van der Waals surface area contributed by atoms with Crippen molar-refractivity contribution in [3.8, 4) is 0 Å². The number of carbonyl (C=O) groups is 1. The minimum absolute atomic E-state index is 0.0870. The van der Waals surface area contributed by atoms with Crippen molar-refractivity contribution >= 4 is 5.91 Å². The van der Waals surface area contributed by atoms with E-state index < -0.39 is 0 Å². The largest absolute Gasteiger partial charge is 0.350 e. The number of nitrogens with one attached hydrogen (secondary N) is 1. The molecule has 1 heterocycles. The number of aromatic nitrogens is 1. The summed E-state index contributed by atoms with van der Waals surface area (Å²) >= 11 is 0. The van der Waals surface area contributed by atoms with E-state index in [9.17, 15) is 4.79 Å². The Hall–Kier alpha value is -1.42. The van der Waals surface area contributed by atoms with Crippen LogP contribution in [0.15, 0.2) is 18.3 Å². The van der Waals surface area contributed by atoms with E-state index >= 15 is 0 Å². The predicted molar refractivity (Wildman–Crippen MR) is 70.8 cm³/mol. The number of amides is 1. The lowest BCUT2D eigenvalue weighted by Crippen LogP contribution is -2.50. The zero-order valence-corrected chi connectivity index (χ0v) is 10.9. The number of nitrogens with zero attached hydrogens (tertiary/aromatic N) is 1. The van der Waals surface area contributed by atoms with Crippen LogP contribution in [0.2, 0.25) is 0 Å². The molecule has 1 aromatic rings. The smallest absolute Gasteiger partial charge is 0.227 e. The molecule has 0 spiro atoms. The number of hydrogen-bond donors (Lipinski definition) is 2. The van der Waals surface area contributed by atoms with Crippen LogP contribution in [-0.4, -0.2) is 17.4 Å². The molecule has 1 aromatic heterocycles. The van der Waals surface area contributed by atoms with Gasteiger partial charge < -0.3 is 11.1 Å². The monoisotopic (exact) mass is 247 g/mol. The van der Waals surface area contributed by atoms with Crippen LogP contribution in [0.3, 0.4) is 0 Å². The zero-order valence-electron chi connectivity index (χ0n) is 10.9. The fraction of sp³-hybridized carbons (Fsp3) is 0.571. The van der Waals surface area contributed by atoms with Crippen LogP contribution < -0.4 is 11.1 Å². The van der Waals surface area contributed by atoms with Crippen LogP contribution in [0, 0.1) is 5.41 Å². The lowest BCUT2D eigenvalue weighted by Gasteiger charge is -2.39. The topological polar surface area (TPSA) is 68.0 Å². The average molecular weight is 247 g/mol. The Morgan fingerprint density at radius 3 is 2.89 bits per heavy atom. The van der Waals surface area contributed by atoms with Crippen molar-refractivity contribution in [3.05, 3.63) is 29.6 Å². The third kappa shape index (κ3) is 2.38. The molecular weight excluding hydrogens is 226 g/mol. The molecule has 0 aromatic carbocycles. The molecule has 2 rings (SSSR count). The average Bonchev–Trinajstić information content (AvgIpc) is 2.36. The van der Waals surface area contributed by atoms with Gasteiger partial charge in [0.1, 0.15) is 0 Å². The third-order valence-electron chi connectivity index (χ3n) is 3.96. The Morgan fingerprint density at radius 1 is 1.56 bits per heavy atom. The molecule has 98 valence electrons. The van der Waals surface area contributed by atoms with Gasteiger partial charge in [0, 0.05) is 12.7 Å². The standard InChI is InChI=1S/C14H21N3O/c1-2-11-5-3-8-16-12(11)9-17-13(18)14(10-15)6-4-7-14/h3,5,8H,2,4,6-7,9-10,15H2,1H3,(H,17,18). The van der Waals surface area contributed by atoms with Gasteiger partial charge in [-0.3, -0.25) is 9.78 Å². The van der Waals surface area contributed by atoms with Crippen LogP contribution in [0.5, 0.6) is 0 Å². The summed E-state index contributed by atoms with van der Waals surface area (Å²) in [4.78, 5) is 16.5. The van der Waals surface area contributed by atoms with Crippen LogP contribution >= 0.6 is 0 Å². The van der Waals surface area contributed by atoms with Gasteiger partial charge in [0.25, 0.3) is 0 Å². The van der Waals surface area contributed by atoms with Crippen molar-refractivity contribution in [2.75, 3.05) is 6.54 Å². The molecule has 0 unspecified atom stereocenters. The Bertz CT molecular complexity index is 421. The maximum atomic E-state index is 12.1. The van der Waals surface area contributed by atoms with Crippen molar-refractivity contribution in [2.45, 2.75) is 39.2 Å². The van der Waals surface area contributed by atoms with E-state index in [1.165, 1.54) is 5.56 Å². The first-order chi connectivity index (χ1) is 8.72. The maximum Gasteiger partial charge on any atom is 0.227 e. The predicted octanol–water partition coefficient (Wildman–Crippen LogP) is 1.39. The zero-order chi connectivity index (χ0) is 13.0. The van der Waals surface area contributed by atoms with Gasteiger partial charge in [0.2, 0.25) is 5.91 Å². The van der Waals surface area contributed by atoms with E-state index in [0.717, 1.165) is 31.4 Å².